The highest BCUT2D eigenvalue weighted by molar-refractivity contribution is 7.98. The fourth-order valence-electron chi connectivity index (χ4n) is 1.38. The second-order valence-electron chi connectivity index (χ2n) is 4.11. The number of rotatable bonds is 6. The molecule has 92 valence electrons. The van der Waals surface area contributed by atoms with Gasteiger partial charge in [-0.1, -0.05) is 6.92 Å². The van der Waals surface area contributed by atoms with Crippen LogP contribution >= 0.6 is 11.8 Å². The number of carboxylic acids is 1. The molecule has 1 aliphatic rings. The second kappa shape index (κ2) is 5.98. The molecule has 1 fully saturated rings. The molecule has 0 aromatic carbocycles. The lowest BCUT2D eigenvalue weighted by atomic mass is 10.2. The van der Waals surface area contributed by atoms with Gasteiger partial charge in [0.25, 0.3) is 0 Å². The zero-order chi connectivity index (χ0) is 12.1. The Morgan fingerprint density at radius 3 is 2.62 bits per heavy atom. The van der Waals surface area contributed by atoms with E-state index in [4.69, 9.17) is 5.11 Å². The summed E-state index contributed by atoms with van der Waals surface area (Å²) in [5, 5.41) is 14.1. The molecule has 0 radical (unpaired) electrons. The van der Waals surface area contributed by atoms with Crippen molar-refractivity contribution in [3.63, 3.8) is 0 Å². The van der Waals surface area contributed by atoms with Crippen LogP contribution in [-0.2, 0) is 4.79 Å². The van der Waals surface area contributed by atoms with Gasteiger partial charge in [-0.3, -0.25) is 0 Å². The first-order valence-corrected chi connectivity index (χ1v) is 6.72. The van der Waals surface area contributed by atoms with Gasteiger partial charge in [0.05, 0.1) is 0 Å². The van der Waals surface area contributed by atoms with Crippen LogP contribution in [0.3, 0.4) is 0 Å². The molecule has 0 spiro atoms. The molecule has 2 unspecified atom stereocenters. The van der Waals surface area contributed by atoms with Crippen molar-refractivity contribution >= 4 is 23.8 Å². The summed E-state index contributed by atoms with van der Waals surface area (Å²) < 4.78 is 0. The lowest BCUT2D eigenvalue weighted by molar-refractivity contribution is -0.139. The molecule has 0 aromatic heterocycles. The Labute approximate surface area is 99.4 Å². The van der Waals surface area contributed by atoms with Gasteiger partial charge in [-0.25, -0.2) is 9.59 Å². The van der Waals surface area contributed by atoms with Gasteiger partial charge in [-0.15, -0.1) is 0 Å². The highest BCUT2D eigenvalue weighted by Gasteiger charge is 2.34. The van der Waals surface area contributed by atoms with E-state index in [9.17, 15) is 9.59 Å². The van der Waals surface area contributed by atoms with Crippen molar-refractivity contribution in [3.05, 3.63) is 0 Å². The molecule has 0 aliphatic heterocycles. The summed E-state index contributed by atoms with van der Waals surface area (Å²) in [6.45, 7) is 2.05. The third kappa shape index (κ3) is 4.30. The number of carbonyl (C=O) groups is 2. The van der Waals surface area contributed by atoms with Gasteiger partial charge >= 0.3 is 12.0 Å². The first kappa shape index (κ1) is 13.2. The van der Waals surface area contributed by atoms with Crippen LogP contribution < -0.4 is 10.6 Å². The van der Waals surface area contributed by atoms with E-state index in [0.29, 0.717) is 12.3 Å². The molecule has 0 saturated heterocycles. The maximum absolute atomic E-state index is 11.4. The molecular weight excluding hydrogens is 228 g/mol. The predicted molar refractivity (Wildman–Crippen MR) is 63.7 cm³/mol. The molecule has 16 heavy (non-hydrogen) atoms. The van der Waals surface area contributed by atoms with Crippen LogP contribution in [0.15, 0.2) is 0 Å². The quantitative estimate of drug-likeness (QED) is 0.650. The number of carbonyl (C=O) groups excluding carboxylic acids is 1. The molecule has 0 heterocycles. The standard InChI is InChI=1S/C10H18N2O3S/c1-6-5-8(6)12-10(15)11-7(9(13)14)3-4-16-2/h6-8H,3-5H2,1-2H3,(H,13,14)(H2,11,12,15)/t6?,7-,8?/m0/s1. The SMILES string of the molecule is CSCC[C@H](NC(=O)NC1CC1C)C(=O)O. The van der Waals surface area contributed by atoms with Crippen LogP contribution in [0.1, 0.15) is 19.8 Å². The van der Waals surface area contributed by atoms with Gasteiger partial charge in [0.15, 0.2) is 0 Å². The van der Waals surface area contributed by atoms with Crippen molar-refractivity contribution in [1.82, 2.24) is 10.6 Å². The van der Waals surface area contributed by atoms with Crippen LogP contribution in [0.5, 0.6) is 0 Å². The topological polar surface area (TPSA) is 78.4 Å². The fraction of sp³-hybridized carbons (Fsp3) is 0.800. The van der Waals surface area contributed by atoms with Gasteiger partial charge in [0.1, 0.15) is 6.04 Å². The van der Waals surface area contributed by atoms with Crippen molar-refractivity contribution in [1.29, 1.82) is 0 Å². The number of aliphatic carboxylic acids is 1. The summed E-state index contributed by atoms with van der Waals surface area (Å²) >= 11 is 1.57. The Morgan fingerprint density at radius 2 is 2.19 bits per heavy atom. The minimum Gasteiger partial charge on any atom is -0.480 e. The smallest absolute Gasteiger partial charge is 0.326 e. The lowest BCUT2D eigenvalue weighted by Crippen LogP contribution is -2.47. The molecule has 1 aliphatic carbocycles. The predicted octanol–water partition coefficient (Wildman–Crippen LogP) is 0.900. The van der Waals surface area contributed by atoms with Crippen molar-refractivity contribution in [2.75, 3.05) is 12.0 Å². The number of amides is 2. The highest BCUT2D eigenvalue weighted by Crippen LogP contribution is 2.28. The molecule has 3 atom stereocenters. The van der Waals surface area contributed by atoms with Crippen molar-refractivity contribution in [3.8, 4) is 0 Å². The first-order chi connectivity index (χ1) is 7.54. The third-order valence-electron chi connectivity index (χ3n) is 2.64. The van der Waals surface area contributed by atoms with E-state index in [2.05, 4.69) is 10.6 Å². The Morgan fingerprint density at radius 1 is 1.56 bits per heavy atom. The van der Waals surface area contributed by atoms with Crippen LogP contribution in [0.25, 0.3) is 0 Å². The van der Waals surface area contributed by atoms with Gasteiger partial charge in [0.2, 0.25) is 0 Å². The molecule has 5 nitrogen and oxygen atoms in total. The Balaban J connectivity index is 2.29. The number of hydrogen-bond donors (Lipinski definition) is 3. The van der Waals surface area contributed by atoms with Gasteiger partial charge < -0.3 is 15.7 Å². The monoisotopic (exact) mass is 246 g/mol. The largest absolute Gasteiger partial charge is 0.480 e. The molecule has 1 rings (SSSR count). The van der Waals surface area contributed by atoms with E-state index in [1.165, 1.54) is 0 Å². The zero-order valence-electron chi connectivity index (χ0n) is 9.53. The summed E-state index contributed by atoms with van der Waals surface area (Å²) in [7, 11) is 0. The summed E-state index contributed by atoms with van der Waals surface area (Å²) in [5.74, 6) is 0.255. The lowest BCUT2D eigenvalue weighted by Gasteiger charge is -2.14. The molecule has 1 saturated carbocycles. The average Bonchev–Trinajstić information content (AvgIpc) is 2.88. The van der Waals surface area contributed by atoms with E-state index < -0.39 is 12.0 Å². The van der Waals surface area contributed by atoms with Crippen LogP contribution in [0.4, 0.5) is 4.79 Å². The van der Waals surface area contributed by atoms with Crippen molar-refractivity contribution in [2.24, 2.45) is 5.92 Å². The second-order valence-corrected chi connectivity index (χ2v) is 5.10. The Bertz CT molecular complexity index is 273. The van der Waals surface area contributed by atoms with E-state index in [-0.39, 0.29) is 12.1 Å². The van der Waals surface area contributed by atoms with E-state index >= 15 is 0 Å². The molecule has 2 amide bonds. The van der Waals surface area contributed by atoms with E-state index in [1.807, 2.05) is 13.2 Å². The van der Waals surface area contributed by atoms with Crippen LogP contribution in [0.2, 0.25) is 0 Å². The third-order valence-corrected chi connectivity index (χ3v) is 3.28. The Kier molecular flexibility index (Phi) is 4.92. The highest BCUT2D eigenvalue weighted by atomic mass is 32.2. The maximum atomic E-state index is 11.4. The van der Waals surface area contributed by atoms with Crippen molar-refractivity contribution in [2.45, 2.75) is 31.8 Å². The fourth-order valence-corrected chi connectivity index (χ4v) is 1.86. The maximum Gasteiger partial charge on any atom is 0.326 e. The minimum absolute atomic E-state index is 0.218. The minimum atomic E-state index is -0.979. The number of carboxylic acid groups (broad SMARTS) is 1. The summed E-state index contributed by atoms with van der Waals surface area (Å²) in [5.41, 5.74) is 0. The number of hydrogen-bond acceptors (Lipinski definition) is 3. The van der Waals surface area contributed by atoms with E-state index in [1.54, 1.807) is 11.8 Å². The molecule has 3 N–H and O–H groups in total. The molecule has 6 heteroatoms. The van der Waals surface area contributed by atoms with Crippen LogP contribution in [0, 0.1) is 5.92 Å². The number of urea groups is 1. The summed E-state index contributed by atoms with van der Waals surface area (Å²) in [6, 6.07) is -0.945. The van der Waals surface area contributed by atoms with Gasteiger partial charge in [0, 0.05) is 6.04 Å². The van der Waals surface area contributed by atoms with Gasteiger partial charge in [-0.05, 0) is 30.8 Å². The Hall–Kier alpha value is -0.910. The number of thioether (sulfide) groups is 1. The molecule has 0 aromatic rings. The summed E-state index contributed by atoms with van der Waals surface area (Å²) in [6.07, 6.45) is 3.34. The average molecular weight is 246 g/mol. The molecular formula is C10H18N2O3S. The van der Waals surface area contributed by atoms with Crippen LogP contribution in [-0.4, -0.2) is 41.2 Å². The van der Waals surface area contributed by atoms with Gasteiger partial charge in [-0.2, -0.15) is 11.8 Å². The number of nitrogens with one attached hydrogen (secondary N) is 2. The van der Waals surface area contributed by atoms with E-state index in [0.717, 1.165) is 12.2 Å². The first-order valence-electron chi connectivity index (χ1n) is 5.33. The summed E-state index contributed by atoms with van der Waals surface area (Å²) in [4.78, 5) is 22.3. The molecule has 0 bridgehead atoms. The zero-order valence-corrected chi connectivity index (χ0v) is 10.3. The normalized spacial score (nSPS) is 24.6. The van der Waals surface area contributed by atoms with Crippen molar-refractivity contribution < 1.29 is 14.7 Å².